The number of amides is 5. The van der Waals surface area contributed by atoms with Crippen molar-refractivity contribution in [1.29, 1.82) is 0 Å². The summed E-state index contributed by atoms with van der Waals surface area (Å²) in [5.74, 6) is -7.74. The van der Waals surface area contributed by atoms with E-state index in [0.29, 0.717) is 10.9 Å². The number of aliphatic imine (C=N–C) groups is 1. The van der Waals surface area contributed by atoms with Gasteiger partial charge < -0.3 is 63.7 Å². The van der Waals surface area contributed by atoms with Crippen LogP contribution in [0.1, 0.15) is 31.2 Å². The smallest absolute Gasteiger partial charge is 0.326 e. The number of aliphatic hydroxyl groups is 4. The maximum Gasteiger partial charge on any atom is 0.326 e. The first-order chi connectivity index (χ1) is 22.6. The summed E-state index contributed by atoms with van der Waals surface area (Å²) in [6.45, 7) is -1.68. The highest BCUT2D eigenvalue weighted by molar-refractivity contribution is 6.02. The number of hydrogen-bond donors (Lipinski definition) is 13. The van der Waals surface area contributed by atoms with E-state index in [1.165, 1.54) is 0 Å². The third kappa shape index (κ3) is 12.2. The summed E-state index contributed by atoms with van der Waals surface area (Å²) in [6, 6.07) is 2.37. The molecule has 0 spiro atoms. The number of H-pyrrole nitrogens is 1. The van der Waals surface area contributed by atoms with E-state index in [0.717, 1.165) is 5.52 Å². The molecule has 1 heterocycles. The lowest BCUT2D eigenvalue weighted by Gasteiger charge is -2.28. The van der Waals surface area contributed by atoms with Gasteiger partial charge >= 0.3 is 5.97 Å². The van der Waals surface area contributed by atoms with Crippen LogP contribution in [0.2, 0.25) is 0 Å². The van der Waals surface area contributed by atoms with Crippen molar-refractivity contribution in [1.82, 2.24) is 26.3 Å². The second-order valence-corrected chi connectivity index (χ2v) is 10.8. The van der Waals surface area contributed by atoms with Gasteiger partial charge in [-0.2, -0.15) is 0 Å². The van der Waals surface area contributed by atoms with Crippen LogP contribution >= 0.6 is 0 Å². The van der Waals surface area contributed by atoms with Crippen LogP contribution in [0.3, 0.4) is 0 Å². The van der Waals surface area contributed by atoms with Gasteiger partial charge in [0.25, 0.3) is 5.91 Å². The number of benzene rings is 1. The van der Waals surface area contributed by atoms with Gasteiger partial charge in [-0.15, -0.1) is 0 Å². The predicted octanol–water partition coefficient (Wildman–Crippen LogP) is -5.28. The fourth-order valence-electron chi connectivity index (χ4n) is 4.43. The number of nitrogens with one attached hydrogen (secondary N) is 5. The second kappa shape index (κ2) is 18.3. The molecule has 0 fully saturated rings. The molecule has 1 aromatic carbocycles. The minimum atomic E-state index is -2.98. The van der Waals surface area contributed by atoms with E-state index in [1.54, 1.807) is 30.5 Å². The Hall–Kier alpha value is -5.15. The maximum absolute atomic E-state index is 13.2. The summed E-state index contributed by atoms with van der Waals surface area (Å²) in [5, 5.41) is 57.6. The van der Waals surface area contributed by atoms with Crippen LogP contribution in [0.4, 0.5) is 0 Å². The Labute approximate surface area is 273 Å². The molecule has 1 aromatic heterocycles. The number of aromatic amines is 1. The van der Waals surface area contributed by atoms with Gasteiger partial charge in [0, 0.05) is 30.1 Å². The summed E-state index contributed by atoms with van der Waals surface area (Å²) in [6.07, 6.45) is -2.75. The Kier molecular flexibility index (Phi) is 14.8. The first-order valence-corrected chi connectivity index (χ1v) is 14.6. The fourth-order valence-corrected chi connectivity index (χ4v) is 4.43. The number of imide groups is 1. The van der Waals surface area contributed by atoms with Gasteiger partial charge in [0.15, 0.2) is 17.9 Å². The summed E-state index contributed by atoms with van der Waals surface area (Å²) in [5.41, 5.74) is 14.5. The number of para-hydroxylation sites is 1. The summed E-state index contributed by atoms with van der Waals surface area (Å²) < 4.78 is 0. The number of carbonyl (C=O) groups is 6. The normalized spacial score (nSPS) is 14.2. The zero-order valence-electron chi connectivity index (χ0n) is 25.7. The zero-order valence-corrected chi connectivity index (χ0v) is 25.7. The third-order valence-corrected chi connectivity index (χ3v) is 6.90. The minimum Gasteiger partial charge on any atom is -0.480 e. The van der Waals surface area contributed by atoms with Crippen LogP contribution in [0.25, 0.3) is 10.9 Å². The fraction of sp³-hybridized carbons (Fsp3) is 0.464. The summed E-state index contributed by atoms with van der Waals surface area (Å²) in [4.78, 5) is 82.5. The topological polar surface area (TPSA) is 358 Å². The van der Waals surface area contributed by atoms with Gasteiger partial charge in [-0.3, -0.25) is 34.3 Å². The number of nitrogens with two attached hydrogens (primary N) is 3. The Morgan fingerprint density at radius 1 is 0.958 bits per heavy atom. The van der Waals surface area contributed by atoms with E-state index in [4.69, 9.17) is 27.4 Å². The largest absolute Gasteiger partial charge is 0.480 e. The molecule has 0 bridgehead atoms. The molecule has 0 radical (unpaired) electrons. The molecule has 20 heteroatoms. The number of fused-ring (bicyclic) bond motifs is 1. The van der Waals surface area contributed by atoms with Crippen molar-refractivity contribution in [3.63, 3.8) is 0 Å². The minimum absolute atomic E-state index is 0.0392. The van der Waals surface area contributed by atoms with Crippen LogP contribution < -0.4 is 38.5 Å². The van der Waals surface area contributed by atoms with Crippen LogP contribution in [0, 0.1) is 0 Å². The Bertz CT molecular complexity index is 1490. The van der Waals surface area contributed by atoms with Gasteiger partial charge in [0.2, 0.25) is 23.6 Å². The number of carbonyl (C=O) groups excluding carboxylic acids is 5. The van der Waals surface area contributed by atoms with Crippen molar-refractivity contribution in [2.75, 3.05) is 19.7 Å². The lowest BCUT2D eigenvalue weighted by atomic mass is 9.92. The molecule has 0 aliphatic rings. The van der Waals surface area contributed by atoms with Crippen molar-refractivity contribution in [3.05, 3.63) is 36.0 Å². The number of aromatic nitrogens is 1. The van der Waals surface area contributed by atoms with Gasteiger partial charge in [-0.25, -0.2) is 4.79 Å². The molecule has 16 N–H and O–H groups in total. The quantitative estimate of drug-likeness (QED) is 0.0285. The van der Waals surface area contributed by atoms with Crippen molar-refractivity contribution < 1.29 is 54.3 Å². The number of carboxylic acids is 1. The molecular formula is C28H41N9O11. The molecule has 20 nitrogen and oxygen atoms in total. The highest BCUT2D eigenvalue weighted by atomic mass is 16.5. The maximum atomic E-state index is 13.2. The molecule has 5 amide bonds. The highest BCUT2D eigenvalue weighted by Gasteiger charge is 2.43. The number of hydrogen-bond acceptors (Lipinski definition) is 12. The van der Waals surface area contributed by atoms with Gasteiger partial charge in [0.05, 0.1) is 32.0 Å². The molecule has 0 saturated heterocycles. The Morgan fingerprint density at radius 3 is 2.25 bits per heavy atom. The molecule has 4 unspecified atom stereocenters. The van der Waals surface area contributed by atoms with Crippen molar-refractivity contribution in [2.45, 2.75) is 62.1 Å². The van der Waals surface area contributed by atoms with E-state index in [9.17, 15) is 44.1 Å². The van der Waals surface area contributed by atoms with E-state index >= 15 is 0 Å². The molecule has 4 atom stereocenters. The number of guanidine groups is 1. The average molecular weight is 680 g/mol. The Balaban J connectivity index is 2.17. The molecular weight excluding hydrogens is 638 g/mol. The number of aliphatic hydroxyl groups excluding tert-OH is 2. The monoisotopic (exact) mass is 679 g/mol. The number of aliphatic carboxylic acids is 1. The zero-order chi connectivity index (χ0) is 36.0. The van der Waals surface area contributed by atoms with Crippen LogP contribution in [0.15, 0.2) is 35.5 Å². The van der Waals surface area contributed by atoms with E-state index < -0.39 is 91.5 Å². The van der Waals surface area contributed by atoms with E-state index in [-0.39, 0.29) is 31.8 Å². The number of nitrogens with zero attached hydrogens (tertiary/aromatic N) is 1. The van der Waals surface area contributed by atoms with Crippen LogP contribution in [-0.4, -0.2) is 122 Å². The lowest BCUT2D eigenvalue weighted by molar-refractivity contribution is -0.152. The number of rotatable bonds is 19. The standard InChI is InChI=1S/C28H41N9O11/c29-16(5-3-7-32-27(30)31)23(43)37-21(40)10-28(48,9-20(39)34-12-22(41)42)26(47)36-19(13-38)24(44)35-18(25(45)46)8-14-11-33-17-6-2-1-4-15(14)17/h1-2,4,6,11,16,18-19,22,33,38,41-42,48H,3,5,7-10,12-13,29H2,(H,34,39)(H,35,44)(H,36,47)(H,45,46)(H4,30,31,32)(H,37,40,43). The predicted molar refractivity (Wildman–Crippen MR) is 167 cm³/mol. The molecule has 0 aliphatic heterocycles. The first-order valence-electron chi connectivity index (χ1n) is 14.6. The van der Waals surface area contributed by atoms with Gasteiger partial charge in [-0.05, 0) is 24.5 Å². The number of carboxylic acid groups (broad SMARTS) is 1. The summed E-state index contributed by atoms with van der Waals surface area (Å²) >= 11 is 0. The van der Waals surface area contributed by atoms with E-state index in [1.807, 2.05) is 16.0 Å². The molecule has 48 heavy (non-hydrogen) atoms. The second-order valence-electron chi connectivity index (χ2n) is 10.8. The third-order valence-electron chi connectivity index (χ3n) is 6.90. The van der Waals surface area contributed by atoms with Crippen molar-refractivity contribution >= 4 is 52.4 Å². The van der Waals surface area contributed by atoms with E-state index in [2.05, 4.69) is 15.3 Å². The van der Waals surface area contributed by atoms with Crippen molar-refractivity contribution in [2.24, 2.45) is 22.2 Å². The Morgan fingerprint density at radius 2 is 1.62 bits per heavy atom. The van der Waals surface area contributed by atoms with Crippen LogP contribution in [-0.2, 0) is 35.2 Å². The highest BCUT2D eigenvalue weighted by Crippen LogP contribution is 2.20. The summed E-state index contributed by atoms with van der Waals surface area (Å²) in [7, 11) is 0. The SMILES string of the molecule is NC(N)=NCCCC(N)C(=O)NC(=O)CC(O)(CC(=O)NCC(O)O)C(=O)NC(CO)C(=O)NC(Cc1c[nH]c2ccccc12)C(=O)O. The first kappa shape index (κ1) is 39.0. The lowest BCUT2D eigenvalue weighted by Crippen LogP contribution is -2.60. The molecule has 2 rings (SSSR count). The van der Waals surface area contributed by atoms with Gasteiger partial charge in [0.1, 0.15) is 12.1 Å². The van der Waals surface area contributed by atoms with Gasteiger partial charge in [-0.1, -0.05) is 18.2 Å². The molecule has 2 aromatic rings. The average Bonchev–Trinajstić information content (AvgIpc) is 3.42. The molecule has 0 aliphatic carbocycles. The molecule has 264 valence electrons. The van der Waals surface area contributed by atoms with Crippen molar-refractivity contribution in [3.8, 4) is 0 Å². The van der Waals surface area contributed by atoms with Crippen LogP contribution in [0.5, 0.6) is 0 Å². The molecule has 0 saturated carbocycles.